The van der Waals surface area contributed by atoms with Gasteiger partial charge < -0.3 is 20.5 Å². The number of amides is 2. The molecule has 0 spiro atoms. The van der Waals surface area contributed by atoms with Crippen molar-refractivity contribution in [2.45, 2.75) is 30.8 Å². The molecule has 1 aliphatic rings. The highest BCUT2D eigenvalue weighted by Crippen LogP contribution is 2.44. The number of alkyl carbamates (subject to hydrolysis) is 1. The monoisotopic (exact) mass is 502 g/mol. The summed E-state index contributed by atoms with van der Waals surface area (Å²) in [6, 6.07) is 14.2. The third-order valence-electron chi connectivity index (χ3n) is 5.79. The first-order chi connectivity index (χ1) is 16.5. The quantitative estimate of drug-likeness (QED) is 0.403. The highest BCUT2D eigenvalue weighted by atomic mass is 32.2. The number of hydrogen-bond acceptors (Lipinski definition) is 6. The van der Waals surface area contributed by atoms with Crippen LogP contribution in [-0.2, 0) is 14.3 Å². The first-order valence-electron chi connectivity index (χ1n) is 11.1. The van der Waals surface area contributed by atoms with Crippen molar-refractivity contribution in [3.8, 4) is 11.1 Å². The molecule has 3 N–H and O–H groups in total. The molecule has 2 atom stereocenters. The van der Waals surface area contributed by atoms with Gasteiger partial charge in [-0.15, -0.1) is 0 Å². The molecule has 3 rings (SSSR count). The molecule has 9 heteroatoms. The maximum Gasteiger partial charge on any atom is 0.407 e. The third-order valence-corrected chi connectivity index (χ3v) is 7.08. The number of rotatable bonds is 12. The summed E-state index contributed by atoms with van der Waals surface area (Å²) in [7, 11) is 0. The summed E-state index contributed by atoms with van der Waals surface area (Å²) in [5, 5.41) is 14.6. The van der Waals surface area contributed by atoms with Gasteiger partial charge in [0, 0.05) is 5.92 Å². The molecule has 2 aromatic carbocycles. The van der Waals surface area contributed by atoms with Crippen LogP contribution in [0.15, 0.2) is 48.5 Å². The van der Waals surface area contributed by atoms with Crippen molar-refractivity contribution in [3.05, 3.63) is 59.7 Å². The lowest BCUT2D eigenvalue weighted by Gasteiger charge is -2.22. The molecule has 0 bridgehead atoms. The Hall–Kier alpha value is -2.65. The van der Waals surface area contributed by atoms with Gasteiger partial charge in [0.15, 0.2) is 0 Å². The fraction of sp³-hybridized carbons (Fsp3) is 0.400. The topological polar surface area (TPSA) is 105 Å². The molecular formula is C25H30N2O5S2. The van der Waals surface area contributed by atoms with E-state index in [4.69, 9.17) is 4.74 Å². The smallest absolute Gasteiger partial charge is 0.407 e. The van der Waals surface area contributed by atoms with Crippen LogP contribution in [-0.4, -0.2) is 65.8 Å². The van der Waals surface area contributed by atoms with Crippen LogP contribution in [0.25, 0.3) is 11.1 Å². The zero-order valence-corrected chi connectivity index (χ0v) is 20.9. The van der Waals surface area contributed by atoms with Gasteiger partial charge in [-0.1, -0.05) is 48.5 Å². The fourth-order valence-corrected chi connectivity index (χ4v) is 5.00. The van der Waals surface area contributed by atoms with Crippen molar-refractivity contribution < 1.29 is 24.2 Å². The summed E-state index contributed by atoms with van der Waals surface area (Å²) < 4.78 is 5.56. The standard InChI is InChI=1S/C25H30N2O5S2/c1-33-13-11-21(23(28)26-22(24(29)30)12-14-34-2)27-25(31)32-15-20-18-9-5-3-7-16(18)17-8-4-6-10-19(17)20/h3-10,20-22H,11-15H2,1-2H3,(H,26,28)(H,27,31)(H,29,30)/t21?,22-/m0/s1. The van der Waals surface area contributed by atoms with Gasteiger partial charge in [0.05, 0.1) is 0 Å². The second-order valence-corrected chi connectivity index (χ2v) is 9.96. The van der Waals surface area contributed by atoms with Crippen molar-refractivity contribution in [2.24, 2.45) is 0 Å². The second-order valence-electron chi connectivity index (χ2n) is 7.98. The van der Waals surface area contributed by atoms with Gasteiger partial charge in [0.1, 0.15) is 18.7 Å². The Morgan fingerprint density at radius 2 is 1.41 bits per heavy atom. The highest BCUT2D eigenvalue weighted by Gasteiger charge is 2.30. The minimum Gasteiger partial charge on any atom is -0.480 e. The van der Waals surface area contributed by atoms with E-state index >= 15 is 0 Å². The number of nitrogens with one attached hydrogen (secondary N) is 2. The predicted octanol–water partition coefficient (Wildman–Crippen LogP) is 3.97. The number of benzene rings is 2. The SMILES string of the molecule is CSCCC(NC(=O)OCC1c2ccccc2-c2ccccc21)C(=O)N[C@@H](CCSC)C(=O)O. The van der Waals surface area contributed by atoms with Gasteiger partial charge in [0.2, 0.25) is 5.91 Å². The van der Waals surface area contributed by atoms with Gasteiger partial charge in [0.25, 0.3) is 0 Å². The zero-order valence-electron chi connectivity index (χ0n) is 19.3. The fourth-order valence-electron chi connectivity index (χ4n) is 4.05. The summed E-state index contributed by atoms with van der Waals surface area (Å²) in [5.74, 6) is -0.459. The van der Waals surface area contributed by atoms with Gasteiger partial charge in [-0.25, -0.2) is 9.59 Å². The molecule has 2 amide bonds. The number of carbonyl (C=O) groups excluding carboxylic acids is 2. The molecule has 0 fully saturated rings. The van der Waals surface area contributed by atoms with Crippen molar-refractivity contribution in [1.82, 2.24) is 10.6 Å². The van der Waals surface area contributed by atoms with Crippen molar-refractivity contribution >= 4 is 41.5 Å². The molecule has 0 radical (unpaired) electrons. The van der Waals surface area contributed by atoms with Crippen LogP contribution in [0.3, 0.4) is 0 Å². The van der Waals surface area contributed by atoms with E-state index < -0.39 is 30.1 Å². The third kappa shape index (κ3) is 6.48. The van der Waals surface area contributed by atoms with Crippen LogP contribution in [0.1, 0.15) is 29.9 Å². The van der Waals surface area contributed by atoms with E-state index in [9.17, 15) is 19.5 Å². The largest absolute Gasteiger partial charge is 0.480 e. The number of hydrogen-bond donors (Lipinski definition) is 3. The van der Waals surface area contributed by atoms with E-state index in [-0.39, 0.29) is 12.5 Å². The molecule has 0 saturated carbocycles. The maximum atomic E-state index is 12.8. The Balaban J connectivity index is 1.64. The number of carboxylic acid groups (broad SMARTS) is 1. The van der Waals surface area contributed by atoms with Crippen LogP contribution in [0.5, 0.6) is 0 Å². The number of carboxylic acids is 1. The first kappa shape index (κ1) is 26.0. The van der Waals surface area contributed by atoms with Gasteiger partial charge >= 0.3 is 12.1 Å². The van der Waals surface area contributed by atoms with Crippen LogP contribution < -0.4 is 10.6 Å². The molecule has 0 saturated heterocycles. The van der Waals surface area contributed by atoms with Crippen LogP contribution in [0.2, 0.25) is 0 Å². The summed E-state index contributed by atoms with van der Waals surface area (Å²) >= 11 is 3.05. The highest BCUT2D eigenvalue weighted by molar-refractivity contribution is 7.98. The van der Waals surface area contributed by atoms with Crippen LogP contribution >= 0.6 is 23.5 Å². The summed E-state index contributed by atoms with van der Waals surface area (Å²) in [5.41, 5.74) is 4.47. The van der Waals surface area contributed by atoms with Crippen molar-refractivity contribution in [3.63, 3.8) is 0 Å². The molecule has 182 valence electrons. The minimum absolute atomic E-state index is 0.0837. The molecule has 7 nitrogen and oxygen atoms in total. The molecule has 1 unspecified atom stereocenters. The van der Waals surface area contributed by atoms with Gasteiger partial charge in [-0.2, -0.15) is 23.5 Å². The zero-order chi connectivity index (χ0) is 24.5. The Labute approximate surface area is 208 Å². The molecular weight excluding hydrogens is 472 g/mol. The number of carbonyl (C=O) groups is 3. The molecule has 34 heavy (non-hydrogen) atoms. The number of ether oxygens (including phenoxy) is 1. The Morgan fingerprint density at radius 1 is 0.882 bits per heavy atom. The lowest BCUT2D eigenvalue weighted by Crippen LogP contribution is -2.52. The maximum absolute atomic E-state index is 12.8. The Morgan fingerprint density at radius 3 is 1.94 bits per heavy atom. The predicted molar refractivity (Wildman–Crippen MR) is 138 cm³/mol. The van der Waals surface area contributed by atoms with E-state index in [2.05, 4.69) is 22.8 Å². The lowest BCUT2D eigenvalue weighted by molar-refractivity contribution is -0.142. The summed E-state index contributed by atoms with van der Waals surface area (Å²) in [4.78, 5) is 37.0. The van der Waals surface area contributed by atoms with E-state index in [1.165, 1.54) is 11.8 Å². The van der Waals surface area contributed by atoms with Gasteiger partial charge in [-0.3, -0.25) is 4.79 Å². The summed E-state index contributed by atoms with van der Waals surface area (Å²) in [6.07, 6.45) is 3.76. The average Bonchev–Trinajstić information content (AvgIpc) is 3.16. The van der Waals surface area contributed by atoms with E-state index in [0.717, 1.165) is 22.3 Å². The number of fused-ring (bicyclic) bond motifs is 3. The molecule has 0 heterocycles. The van der Waals surface area contributed by atoms with Crippen LogP contribution in [0, 0.1) is 0 Å². The van der Waals surface area contributed by atoms with Crippen molar-refractivity contribution in [1.29, 1.82) is 0 Å². The number of thioether (sulfide) groups is 2. The first-order valence-corrected chi connectivity index (χ1v) is 13.9. The van der Waals surface area contributed by atoms with Crippen molar-refractivity contribution in [2.75, 3.05) is 30.6 Å². The normalized spacial score (nSPS) is 13.9. The molecule has 1 aliphatic carbocycles. The Kier molecular flexibility index (Phi) is 9.71. The minimum atomic E-state index is -1.09. The molecule has 0 aromatic heterocycles. The molecule has 2 aromatic rings. The Bertz CT molecular complexity index is 971. The van der Waals surface area contributed by atoms with E-state index in [1.807, 2.05) is 48.9 Å². The second kappa shape index (κ2) is 12.7. The molecule has 0 aliphatic heterocycles. The summed E-state index contributed by atoms with van der Waals surface area (Å²) in [6.45, 7) is 0.141. The van der Waals surface area contributed by atoms with E-state index in [0.29, 0.717) is 24.3 Å². The van der Waals surface area contributed by atoms with Gasteiger partial charge in [-0.05, 0) is 59.1 Å². The number of aliphatic carboxylic acids is 1. The lowest BCUT2D eigenvalue weighted by atomic mass is 9.98. The van der Waals surface area contributed by atoms with Crippen LogP contribution in [0.4, 0.5) is 4.79 Å². The van der Waals surface area contributed by atoms with E-state index in [1.54, 1.807) is 11.8 Å². The average molecular weight is 503 g/mol.